The number of aromatic nitrogens is 3. The standard InChI is InChI=1S/C19H23FN4O2/c1-11-15(12(2)23(3)22-11)10-24-17-8-14(13-5-4-6-21-9-13)7-16(20)18(17)26-19(24)25/h7-8,13,21H,4-6,9-10H2,1-3H3. The molecule has 1 aliphatic rings. The van der Waals surface area contributed by atoms with Gasteiger partial charge in [0.15, 0.2) is 11.4 Å². The lowest BCUT2D eigenvalue weighted by Gasteiger charge is -2.23. The molecule has 3 heterocycles. The number of benzene rings is 1. The Hall–Kier alpha value is -2.41. The molecule has 1 atom stereocenters. The van der Waals surface area contributed by atoms with Crippen LogP contribution in [0.5, 0.6) is 0 Å². The second-order valence-electron chi connectivity index (χ2n) is 7.12. The lowest BCUT2D eigenvalue weighted by Crippen LogP contribution is -2.28. The molecule has 26 heavy (non-hydrogen) atoms. The van der Waals surface area contributed by atoms with Gasteiger partial charge in [0.05, 0.1) is 17.8 Å². The first kappa shape index (κ1) is 17.0. The second-order valence-corrected chi connectivity index (χ2v) is 7.12. The molecule has 1 N–H and O–H groups in total. The van der Waals surface area contributed by atoms with Crippen molar-refractivity contribution >= 4 is 11.1 Å². The van der Waals surface area contributed by atoms with Gasteiger partial charge in [-0.1, -0.05) is 0 Å². The Labute approximate surface area is 150 Å². The van der Waals surface area contributed by atoms with Gasteiger partial charge in [0.1, 0.15) is 0 Å². The summed E-state index contributed by atoms with van der Waals surface area (Å²) in [6.07, 6.45) is 2.08. The molecule has 1 unspecified atom stereocenters. The van der Waals surface area contributed by atoms with Crippen molar-refractivity contribution < 1.29 is 8.81 Å². The molecule has 0 radical (unpaired) electrons. The molecule has 138 valence electrons. The van der Waals surface area contributed by atoms with Crippen molar-refractivity contribution in [1.29, 1.82) is 0 Å². The van der Waals surface area contributed by atoms with E-state index in [1.54, 1.807) is 4.68 Å². The topological polar surface area (TPSA) is 65.0 Å². The molecular formula is C19H23FN4O2. The smallest absolute Gasteiger partial charge is 0.405 e. The maximum atomic E-state index is 14.6. The Morgan fingerprint density at radius 1 is 1.38 bits per heavy atom. The molecule has 1 fully saturated rings. The molecular weight excluding hydrogens is 335 g/mol. The normalized spacial score (nSPS) is 17.9. The highest BCUT2D eigenvalue weighted by Crippen LogP contribution is 2.29. The lowest BCUT2D eigenvalue weighted by atomic mass is 9.91. The van der Waals surface area contributed by atoms with Gasteiger partial charge in [-0.25, -0.2) is 9.18 Å². The maximum Gasteiger partial charge on any atom is 0.420 e. The maximum absolute atomic E-state index is 14.6. The van der Waals surface area contributed by atoms with E-state index in [9.17, 15) is 9.18 Å². The van der Waals surface area contributed by atoms with Crippen LogP contribution in [0.25, 0.3) is 11.1 Å². The van der Waals surface area contributed by atoms with E-state index >= 15 is 0 Å². The van der Waals surface area contributed by atoms with Gasteiger partial charge in [0.2, 0.25) is 0 Å². The van der Waals surface area contributed by atoms with Crippen molar-refractivity contribution in [1.82, 2.24) is 19.7 Å². The van der Waals surface area contributed by atoms with Crippen LogP contribution < -0.4 is 11.1 Å². The summed E-state index contributed by atoms with van der Waals surface area (Å²) in [5, 5.41) is 7.75. The zero-order chi connectivity index (χ0) is 18.4. The van der Waals surface area contributed by atoms with Crippen LogP contribution in [0.1, 0.15) is 41.3 Å². The number of nitrogens with one attached hydrogen (secondary N) is 1. The van der Waals surface area contributed by atoms with Crippen molar-refractivity contribution in [2.24, 2.45) is 7.05 Å². The summed E-state index contributed by atoms with van der Waals surface area (Å²) >= 11 is 0. The number of oxazole rings is 1. The Balaban J connectivity index is 1.82. The molecule has 7 heteroatoms. The van der Waals surface area contributed by atoms with Crippen LogP contribution in [0, 0.1) is 19.7 Å². The van der Waals surface area contributed by atoms with Crippen molar-refractivity contribution in [2.75, 3.05) is 13.1 Å². The minimum absolute atomic E-state index is 0.0294. The van der Waals surface area contributed by atoms with E-state index in [0.717, 1.165) is 48.4 Å². The minimum Gasteiger partial charge on any atom is -0.405 e. The molecule has 4 rings (SSSR count). The van der Waals surface area contributed by atoms with Gasteiger partial charge in [-0.05, 0) is 56.8 Å². The minimum atomic E-state index is -0.541. The third-order valence-corrected chi connectivity index (χ3v) is 5.49. The highest BCUT2D eigenvalue weighted by Gasteiger charge is 2.22. The summed E-state index contributed by atoms with van der Waals surface area (Å²) in [6.45, 7) is 6.02. The van der Waals surface area contributed by atoms with Crippen molar-refractivity contribution in [3.05, 3.63) is 51.0 Å². The summed E-state index contributed by atoms with van der Waals surface area (Å²) in [5.74, 6) is -0.762. The zero-order valence-electron chi connectivity index (χ0n) is 15.3. The average Bonchev–Trinajstić information content (AvgIpc) is 3.07. The largest absolute Gasteiger partial charge is 0.420 e. The van der Waals surface area contributed by atoms with Gasteiger partial charge >= 0.3 is 5.76 Å². The molecule has 6 nitrogen and oxygen atoms in total. The molecule has 1 aromatic carbocycles. The average molecular weight is 358 g/mol. The van der Waals surface area contributed by atoms with E-state index in [1.807, 2.05) is 27.0 Å². The van der Waals surface area contributed by atoms with Gasteiger partial charge in [-0.3, -0.25) is 9.25 Å². The van der Waals surface area contributed by atoms with E-state index in [-0.39, 0.29) is 11.5 Å². The number of hydrogen-bond acceptors (Lipinski definition) is 4. The summed E-state index contributed by atoms with van der Waals surface area (Å²) < 4.78 is 23.1. The first-order valence-electron chi connectivity index (χ1n) is 8.98. The zero-order valence-corrected chi connectivity index (χ0v) is 15.3. The van der Waals surface area contributed by atoms with Crippen LogP contribution >= 0.6 is 0 Å². The number of hydrogen-bond donors (Lipinski definition) is 1. The Kier molecular flexibility index (Phi) is 4.19. The molecule has 0 spiro atoms. The summed E-state index contributed by atoms with van der Waals surface area (Å²) in [7, 11) is 1.87. The third-order valence-electron chi connectivity index (χ3n) is 5.49. The molecule has 0 saturated carbocycles. The number of aryl methyl sites for hydroxylation is 2. The Bertz CT molecular complexity index is 1020. The van der Waals surface area contributed by atoms with Crippen molar-refractivity contribution in [3.8, 4) is 0 Å². The third kappa shape index (κ3) is 2.76. The fraction of sp³-hybridized carbons (Fsp3) is 0.474. The first-order valence-corrected chi connectivity index (χ1v) is 8.98. The fourth-order valence-electron chi connectivity index (χ4n) is 3.87. The fourth-order valence-corrected chi connectivity index (χ4v) is 3.87. The SMILES string of the molecule is Cc1nn(C)c(C)c1Cn1c(=O)oc2c(F)cc(C3CCCNC3)cc21. The van der Waals surface area contributed by atoms with Crippen LogP contribution in [0.3, 0.4) is 0 Å². The highest BCUT2D eigenvalue weighted by atomic mass is 19.1. The summed E-state index contributed by atoms with van der Waals surface area (Å²) in [4.78, 5) is 12.4. The van der Waals surface area contributed by atoms with E-state index in [4.69, 9.17) is 4.42 Å². The van der Waals surface area contributed by atoms with Crippen molar-refractivity contribution in [3.63, 3.8) is 0 Å². The molecule has 0 amide bonds. The molecule has 0 aliphatic carbocycles. The first-order chi connectivity index (χ1) is 12.5. The molecule has 3 aromatic rings. The van der Waals surface area contributed by atoms with Crippen LogP contribution in [-0.4, -0.2) is 27.4 Å². The molecule has 1 saturated heterocycles. The van der Waals surface area contributed by atoms with Gasteiger partial charge in [0, 0.05) is 24.8 Å². The Morgan fingerprint density at radius 3 is 2.85 bits per heavy atom. The monoisotopic (exact) mass is 358 g/mol. The summed E-state index contributed by atoms with van der Waals surface area (Å²) in [6, 6.07) is 3.41. The van der Waals surface area contributed by atoms with Crippen molar-refractivity contribution in [2.45, 2.75) is 39.2 Å². The highest BCUT2D eigenvalue weighted by molar-refractivity contribution is 5.75. The molecule has 0 bridgehead atoms. The van der Waals surface area contributed by atoms with Crippen LogP contribution in [0.2, 0.25) is 0 Å². The number of nitrogens with zero attached hydrogens (tertiary/aromatic N) is 3. The van der Waals surface area contributed by atoms with Crippen LogP contribution in [-0.2, 0) is 13.6 Å². The Morgan fingerprint density at radius 2 is 2.19 bits per heavy atom. The van der Waals surface area contributed by atoms with Crippen LogP contribution in [0.4, 0.5) is 4.39 Å². The quantitative estimate of drug-likeness (QED) is 0.782. The summed E-state index contributed by atoms with van der Waals surface area (Å²) in [5.41, 5.74) is 4.26. The van der Waals surface area contributed by atoms with E-state index in [0.29, 0.717) is 12.1 Å². The number of halogens is 1. The number of fused-ring (bicyclic) bond motifs is 1. The van der Waals surface area contributed by atoms with E-state index in [2.05, 4.69) is 10.4 Å². The van der Waals surface area contributed by atoms with Gasteiger partial charge in [-0.15, -0.1) is 0 Å². The second kappa shape index (κ2) is 6.39. The molecule has 2 aromatic heterocycles. The van der Waals surface area contributed by atoms with E-state index < -0.39 is 11.6 Å². The van der Waals surface area contributed by atoms with Gasteiger partial charge < -0.3 is 9.73 Å². The number of piperidine rings is 1. The molecule has 1 aliphatic heterocycles. The van der Waals surface area contributed by atoms with Gasteiger partial charge in [-0.2, -0.15) is 5.10 Å². The van der Waals surface area contributed by atoms with Crippen LogP contribution in [0.15, 0.2) is 21.3 Å². The predicted octanol–water partition coefficient (Wildman–Crippen LogP) is 2.60. The van der Waals surface area contributed by atoms with E-state index in [1.165, 1.54) is 10.6 Å². The number of rotatable bonds is 3. The van der Waals surface area contributed by atoms with Gasteiger partial charge in [0.25, 0.3) is 0 Å². The predicted molar refractivity (Wildman–Crippen MR) is 97.1 cm³/mol. The lowest BCUT2D eigenvalue weighted by molar-refractivity contribution is 0.459.